The second-order valence-electron chi connectivity index (χ2n) is 7.78. The van der Waals surface area contributed by atoms with Gasteiger partial charge in [0, 0.05) is 22.5 Å². The maximum Gasteiger partial charge on any atom is 0.241 e. The highest BCUT2D eigenvalue weighted by atomic mass is 79.9. The van der Waals surface area contributed by atoms with E-state index in [1.165, 1.54) is 5.56 Å². The Labute approximate surface area is 184 Å². The van der Waals surface area contributed by atoms with Crippen molar-refractivity contribution in [2.24, 2.45) is 5.92 Å². The number of carbonyl (C=O) groups is 1. The van der Waals surface area contributed by atoms with Crippen LogP contribution in [0.4, 0.5) is 0 Å². The molecule has 1 fully saturated rings. The van der Waals surface area contributed by atoms with Crippen LogP contribution in [0, 0.1) is 12.8 Å². The Balaban J connectivity index is 1.24. The average Bonchev–Trinajstić information content (AvgIpc) is 3.21. The Kier molecular flexibility index (Phi) is 6.59. The molecule has 1 amide bonds. The van der Waals surface area contributed by atoms with Gasteiger partial charge >= 0.3 is 0 Å². The van der Waals surface area contributed by atoms with E-state index < -0.39 is 0 Å². The highest BCUT2D eigenvalue weighted by Gasteiger charge is 2.25. The standard InChI is InChI=1S/C23H25BrN4O2/c1-16-3-2-4-17(13-16)14-25-23(29)19-9-11-28(12-10-19)15-21-26-22(27-30-21)18-5-7-20(24)8-6-18/h2-8,13,19H,9-12,14-15H2,1H3,(H,25,29). The summed E-state index contributed by atoms with van der Waals surface area (Å²) in [7, 11) is 0. The van der Waals surface area contributed by atoms with Crippen LogP contribution < -0.4 is 5.32 Å². The second kappa shape index (κ2) is 9.53. The van der Waals surface area contributed by atoms with E-state index in [9.17, 15) is 4.79 Å². The van der Waals surface area contributed by atoms with E-state index in [1.807, 2.05) is 36.4 Å². The number of likely N-dealkylation sites (tertiary alicyclic amines) is 1. The summed E-state index contributed by atoms with van der Waals surface area (Å²) in [4.78, 5) is 19.3. The Morgan fingerprint density at radius 2 is 1.97 bits per heavy atom. The molecule has 0 bridgehead atoms. The zero-order valence-electron chi connectivity index (χ0n) is 17.0. The predicted octanol–water partition coefficient (Wildman–Crippen LogP) is 4.34. The largest absolute Gasteiger partial charge is 0.352 e. The van der Waals surface area contributed by atoms with Crippen LogP contribution in [-0.2, 0) is 17.9 Å². The first-order chi connectivity index (χ1) is 14.6. The normalized spacial score (nSPS) is 15.3. The van der Waals surface area contributed by atoms with Crippen molar-refractivity contribution in [3.8, 4) is 11.4 Å². The van der Waals surface area contributed by atoms with E-state index in [4.69, 9.17) is 4.52 Å². The summed E-state index contributed by atoms with van der Waals surface area (Å²) < 4.78 is 6.44. The van der Waals surface area contributed by atoms with Gasteiger partial charge in [0.05, 0.1) is 6.54 Å². The number of halogens is 1. The molecule has 4 rings (SSSR count). The van der Waals surface area contributed by atoms with Crippen molar-refractivity contribution in [2.45, 2.75) is 32.9 Å². The van der Waals surface area contributed by atoms with Gasteiger partial charge in [0.1, 0.15) is 0 Å². The predicted molar refractivity (Wildman–Crippen MR) is 118 cm³/mol. The summed E-state index contributed by atoms with van der Waals surface area (Å²) in [6.07, 6.45) is 1.68. The summed E-state index contributed by atoms with van der Waals surface area (Å²) in [5.41, 5.74) is 3.27. The van der Waals surface area contributed by atoms with E-state index in [0.29, 0.717) is 24.8 Å². The van der Waals surface area contributed by atoms with Gasteiger partial charge in [0.15, 0.2) is 0 Å². The summed E-state index contributed by atoms with van der Waals surface area (Å²) in [5.74, 6) is 1.41. The van der Waals surface area contributed by atoms with Gasteiger partial charge in [-0.1, -0.05) is 50.9 Å². The van der Waals surface area contributed by atoms with Crippen LogP contribution in [0.15, 0.2) is 57.5 Å². The Morgan fingerprint density at radius 3 is 2.70 bits per heavy atom. The number of piperidine rings is 1. The van der Waals surface area contributed by atoms with Crippen LogP contribution in [-0.4, -0.2) is 34.0 Å². The van der Waals surface area contributed by atoms with Gasteiger partial charge in [-0.3, -0.25) is 9.69 Å². The van der Waals surface area contributed by atoms with Crippen LogP contribution >= 0.6 is 15.9 Å². The number of carbonyl (C=O) groups excluding carboxylic acids is 1. The molecule has 6 nitrogen and oxygen atoms in total. The molecular formula is C23H25BrN4O2. The molecule has 156 valence electrons. The molecule has 1 aromatic heterocycles. The van der Waals surface area contributed by atoms with Gasteiger partial charge in [-0.2, -0.15) is 4.98 Å². The lowest BCUT2D eigenvalue weighted by atomic mass is 9.96. The van der Waals surface area contributed by atoms with Crippen LogP contribution in [0.25, 0.3) is 11.4 Å². The van der Waals surface area contributed by atoms with Crippen molar-refractivity contribution in [1.82, 2.24) is 20.4 Å². The van der Waals surface area contributed by atoms with Crippen molar-refractivity contribution in [3.63, 3.8) is 0 Å². The number of rotatable bonds is 6. The molecule has 30 heavy (non-hydrogen) atoms. The number of amides is 1. The third-order valence-electron chi connectivity index (χ3n) is 5.44. The van der Waals surface area contributed by atoms with Gasteiger partial charge in [-0.05, 0) is 62.7 Å². The van der Waals surface area contributed by atoms with Crippen molar-refractivity contribution in [1.29, 1.82) is 0 Å². The van der Waals surface area contributed by atoms with E-state index in [1.54, 1.807) is 0 Å². The molecule has 0 atom stereocenters. The maximum absolute atomic E-state index is 12.5. The zero-order valence-corrected chi connectivity index (χ0v) is 18.6. The molecule has 0 aliphatic carbocycles. The molecule has 3 aromatic rings. The quantitative estimate of drug-likeness (QED) is 0.582. The van der Waals surface area contributed by atoms with E-state index in [0.717, 1.165) is 41.5 Å². The van der Waals surface area contributed by atoms with Crippen LogP contribution in [0.3, 0.4) is 0 Å². The lowest BCUT2D eigenvalue weighted by Crippen LogP contribution is -2.40. The van der Waals surface area contributed by atoms with E-state index in [-0.39, 0.29) is 11.8 Å². The molecular weight excluding hydrogens is 444 g/mol. The smallest absolute Gasteiger partial charge is 0.241 e. The highest BCUT2D eigenvalue weighted by Crippen LogP contribution is 2.22. The van der Waals surface area contributed by atoms with Gasteiger partial charge in [0.2, 0.25) is 17.6 Å². The minimum Gasteiger partial charge on any atom is -0.352 e. The minimum absolute atomic E-state index is 0.0621. The fraction of sp³-hybridized carbons (Fsp3) is 0.348. The first kappa shape index (κ1) is 20.8. The zero-order chi connectivity index (χ0) is 20.9. The SMILES string of the molecule is Cc1cccc(CNC(=O)C2CCN(Cc3nc(-c4ccc(Br)cc4)no3)CC2)c1. The molecule has 1 N–H and O–H groups in total. The maximum atomic E-state index is 12.5. The average molecular weight is 469 g/mol. The minimum atomic E-state index is 0.0621. The summed E-state index contributed by atoms with van der Waals surface area (Å²) in [5, 5.41) is 7.18. The number of aryl methyl sites for hydroxylation is 1. The molecule has 7 heteroatoms. The van der Waals surface area contributed by atoms with Crippen molar-refractivity contribution in [2.75, 3.05) is 13.1 Å². The van der Waals surface area contributed by atoms with E-state index in [2.05, 4.69) is 55.3 Å². The molecule has 0 saturated carbocycles. The van der Waals surface area contributed by atoms with E-state index >= 15 is 0 Å². The number of nitrogens with zero attached hydrogens (tertiary/aromatic N) is 3. The Hall–Kier alpha value is -2.51. The van der Waals surface area contributed by atoms with Crippen molar-refractivity contribution in [3.05, 3.63) is 70.0 Å². The van der Waals surface area contributed by atoms with Crippen LogP contribution in [0.2, 0.25) is 0 Å². The fourth-order valence-electron chi connectivity index (χ4n) is 3.74. The molecule has 1 aliphatic heterocycles. The van der Waals surface area contributed by atoms with Gasteiger partial charge in [0.25, 0.3) is 0 Å². The second-order valence-corrected chi connectivity index (χ2v) is 8.69. The number of aromatic nitrogens is 2. The third-order valence-corrected chi connectivity index (χ3v) is 5.97. The van der Waals surface area contributed by atoms with Crippen molar-refractivity contribution >= 4 is 21.8 Å². The van der Waals surface area contributed by atoms with Gasteiger partial charge in [-0.15, -0.1) is 0 Å². The van der Waals surface area contributed by atoms with Gasteiger partial charge in [-0.25, -0.2) is 0 Å². The summed E-state index contributed by atoms with van der Waals surface area (Å²) >= 11 is 3.43. The van der Waals surface area contributed by atoms with Crippen LogP contribution in [0.5, 0.6) is 0 Å². The summed E-state index contributed by atoms with van der Waals surface area (Å²) in [6.45, 7) is 4.95. The lowest BCUT2D eigenvalue weighted by Gasteiger charge is -2.30. The fourth-order valence-corrected chi connectivity index (χ4v) is 4.00. The molecule has 0 unspecified atom stereocenters. The number of nitrogens with one attached hydrogen (secondary N) is 1. The summed E-state index contributed by atoms with van der Waals surface area (Å²) in [6, 6.07) is 16.1. The highest BCUT2D eigenvalue weighted by molar-refractivity contribution is 9.10. The first-order valence-electron chi connectivity index (χ1n) is 10.2. The monoisotopic (exact) mass is 468 g/mol. The topological polar surface area (TPSA) is 71.3 Å². The molecule has 0 spiro atoms. The number of hydrogen-bond donors (Lipinski definition) is 1. The molecule has 1 saturated heterocycles. The van der Waals surface area contributed by atoms with Gasteiger partial charge < -0.3 is 9.84 Å². The Bertz CT molecular complexity index is 994. The number of hydrogen-bond acceptors (Lipinski definition) is 5. The first-order valence-corrected chi connectivity index (χ1v) is 11.0. The molecule has 1 aliphatic rings. The molecule has 2 aromatic carbocycles. The third kappa shape index (κ3) is 5.34. The number of benzene rings is 2. The molecule has 0 radical (unpaired) electrons. The lowest BCUT2D eigenvalue weighted by molar-refractivity contribution is -0.126. The van der Waals surface area contributed by atoms with Crippen LogP contribution in [0.1, 0.15) is 29.9 Å². The van der Waals surface area contributed by atoms with Crippen molar-refractivity contribution < 1.29 is 9.32 Å². The molecule has 2 heterocycles. The Morgan fingerprint density at radius 1 is 1.20 bits per heavy atom.